The lowest BCUT2D eigenvalue weighted by atomic mass is 9.95. The van der Waals surface area contributed by atoms with Crippen LogP contribution in [-0.2, 0) is 6.42 Å². The minimum absolute atomic E-state index is 0.107. The quantitative estimate of drug-likeness (QED) is 0.342. The second-order valence-corrected chi connectivity index (χ2v) is 8.99. The van der Waals surface area contributed by atoms with Gasteiger partial charge in [-0.2, -0.15) is 0 Å². The maximum atomic E-state index is 6.29. The Kier molecular flexibility index (Phi) is 14.7. The molecule has 5 N–H and O–H groups in total. The van der Waals surface area contributed by atoms with Crippen LogP contribution in [0, 0.1) is 26.7 Å². The first-order valence-corrected chi connectivity index (χ1v) is 13.1. The number of hydrogen-bond donors (Lipinski definition) is 3. The summed E-state index contributed by atoms with van der Waals surface area (Å²) in [5.41, 5.74) is 20.2. The van der Waals surface area contributed by atoms with Crippen molar-refractivity contribution in [1.82, 2.24) is 0 Å². The van der Waals surface area contributed by atoms with Crippen LogP contribution in [0.5, 0.6) is 0 Å². The molecule has 4 rings (SSSR count). The van der Waals surface area contributed by atoms with Crippen molar-refractivity contribution in [2.45, 2.75) is 66.8 Å². The van der Waals surface area contributed by atoms with E-state index in [0.717, 1.165) is 12.8 Å². The molecule has 0 amide bonds. The number of benzene rings is 3. The normalized spacial score (nSPS) is 14.7. The van der Waals surface area contributed by atoms with Crippen molar-refractivity contribution in [2.75, 3.05) is 5.32 Å². The molecule has 1 aliphatic rings. The largest absolute Gasteiger partial charge is 0.405 e. The monoisotopic (exact) mass is 485 g/mol. The van der Waals surface area contributed by atoms with Crippen LogP contribution in [0.25, 0.3) is 0 Å². The standard InChI is InChI=1S/C23H30N2.C6H6.C2H5N.C2H6/c1-15-6-5-7-19(13-15)14-20-9-10-21(18(4)24)23(20)25-22-11-8-16(2)12-17(22)3;1-2-4-6-5-3-1;1-2-3;1-2/h5-8,11-13,18,20,25H,9-10,14,24H2,1-4H3;1-6H;2H,1,3H2;1-2H3. The fourth-order valence-electron chi connectivity index (χ4n) is 4.34. The Hall–Kier alpha value is -3.30. The number of anilines is 1. The third-order valence-corrected chi connectivity index (χ3v) is 5.95. The minimum Gasteiger partial charge on any atom is -0.405 e. The molecule has 1 aliphatic carbocycles. The Balaban J connectivity index is 0.000000494. The molecule has 0 heterocycles. The van der Waals surface area contributed by atoms with Crippen molar-refractivity contribution < 1.29 is 0 Å². The SMILES string of the molecule is C=CN.CC.Cc1cccc(CC2CCC(C(C)N)=C2Nc2ccc(C)cc2C)c1.c1ccccc1. The lowest BCUT2D eigenvalue weighted by molar-refractivity contribution is 0.602. The van der Waals surface area contributed by atoms with Gasteiger partial charge in [-0.15, -0.1) is 0 Å². The van der Waals surface area contributed by atoms with E-state index in [4.69, 9.17) is 5.73 Å². The molecule has 0 saturated carbocycles. The zero-order valence-electron chi connectivity index (χ0n) is 23.2. The number of aryl methyl sites for hydroxylation is 3. The van der Waals surface area contributed by atoms with Crippen molar-refractivity contribution in [3.05, 3.63) is 125 Å². The van der Waals surface area contributed by atoms with Gasteiger partial charge in [0.1, 0.15) is 0 Å². The van der Waals surface area contributed by atoms with Crippen LogP contribution >= 0.6 is 0 Å². The first kappa shape index (κ1) is 30.7. The molecule has 0 bridgehead atoms. The predicted octanol–water partition coefficient (Wildman–Crippen LogP) is 8.08. The highest BCUT2D eigenvalue weighted by atomic mass is 14.9. The van der Waals surface area contributed by atoms with E-state index in [-0.39, 0.29) is 6.04 Å². The van der Waals surface area contributed by atoms with Gasteiger partial charge in [0.05, 0.1) is 0 Å². The second kappa shape index (κ2) is 17.2. The molecule has 0 aliphatic heterocycles. The van der Waals surface area contributed by atoms with Gasteiger partial charge in [-0.3, -0.25) is 0 Å². The Labute approximate surface area is 220 Å². The van der Waals surface area contributed by atoms with E-state index in [2.05, 4.69) is 87.8 Å². The van der Waals surface area contributed by atoms with Gasteiger partial charge in [-0.25, -0.2) is 0 Å². The highest BCUT2D eigenvalue weighted by Gasteiger charge is 2.28. The van der Waals surface area contributed by atoms with Crippen molar-refractivity contribution in [1.29, 1.82) is 0 Å². The average molecular weight is 486 g/mol. The maximum Gasteiger partial charge on any atom is 0.0411 e. The van der Waals surface area contributed by atoms with Gasteiger partial charge in [0.15, 0.2) is 0 Å². The molecule has 0 saturated heterocycles. The van der Waals surface area contributed by atoms with E-state index in [9.17, 15) is 0 Å². The molecule has 0 aromatic heterocycles. The summed E-state index contributed by atoms with van der Waals surface area (Å²) < 4.78 is 0. The maximum absolute atomic E-state index is 6.29. The summed E-state index contributed by atoms with van der Waals surface area (Å²) in [5, 5.41) is 3.75. The van der Waals surface area contributed by atoms with Crippen molar-refractivity contribution in [3.8, 4) is 0 Å². The van der Waals surface area contributed by atoms with Gasteiger partial charge < -0.3 is 16.8 Å². The molecule has 0 radical (unpaired) electrons. The molecule has 3 heteroatoms. The molecule has 3 nitrogen and oxygen atoms in total. The van der Waals surface area contributed by atoms with Gasteiger partial charge in [0, 0.05) is 23.3 Å². The minimum atomic E-state index is 0.107. The summed E-state index contributed by atoms with van der Waals surface area (Å²) in [6.07, 6.45) is 4.60. The van der Waals surface area contributed by atoms with E-state index < -0.39 is 0 Å². The molecule has 0 spiro atoms. The van der Waals surface area contributed by atoms with Crippen LogP contribution in [0.4, 0.5) is 5.69 Å². The van der Waals surface area contributed by atoms with Crippen LogP contribution in [0.15, 0.2) is 103 Å². The number of allylic oxidation sites excluding steroid dienone is 1. The molecule has 194 valence electrons. The van der Waals surface area contributed by atoms with Crippen molar-refractivity contribution >= 4 is 5.69 Å². The number of nitrogens with two attached hydrogens (primary N) is 2. The van der Waals surface area contributed by atoms with Crippen molar-refractivity contribution in [3.63, 3.8) is 0 Å². The highest BCUT2D eigenvalue weighted by Crippen LogP contribution is 2.37. The van der Waals surface area contributed by atoms with E-state index in [1.165, 1.54) is 51.8 Å². The zero-order valence-corrected chi connectivity index (χ0v) is 23.2. The summed E-state index contributed by atoms with van der Waals surface area (Å²) in [7, 11) is 0. The lowest BCUT2D eigenvalue weighted by Gasteiger charge is -2.21. The number of nitrogens with one attached hydrogen (secondary N) is 1. The Morgan fingerprint density at radius 1 is 0.917 bits per heavy atom. The summed E-state index contributed by atoms with van der Waals surface area (Å²) in [4.78, 5) is 0. The molecule has 0 fully saturated rings. The van der Waals surface area contributed by atoms with Gasteiger partial charge in [0.2, 0.25) is 0 Å². The third-order valence-electron chi connectivity index (χ3n) is 5.95. The van der Waals surface area contributed by atoms with Crippen LogP contribution in [0.2, 0.25) is 0 Å². The lowest BCUT2D eigenvalue weighted by Crippen LogP contribution is -2.21. The first-order chi connectivity index (χ1) is 17.3. The summed E-state index contributed by atoms with van der Waals surface area (Å²) in [6, 6.07) is 27.6. The summed E-state index contributed by atoms with van der Waals surface area (Å²) in [6.45, 7) is 15.7. The second-order valence-electron chi connectivity index (χ2n) is 8.99. The zero-order chi connectivity index (χ0) is 26.9. The number of rotatable bonds is 5. The predicted molar refractivity (Wildman–Crippen MR) is 160 cm³/mol. The van der Waals surface area contributed by atoms with E-state index in [1.807, 2.05) is 50.2 Å². The van der Waals surface area contributed by atoms with Gasteiger partial charge >= 0.3 is 0 Å². The summed E-state index contributed by atoms with van der Waals surface area (Å²) >= 11 is 0. The molecule has 3 aromatic carbocycles. The van der Waals surface area contributed by atoms with E-state index in [1.54, 1.807) is 0 Å². The smallest absolute Gasteiger partial charge is 0.0411 e. The Morgan fingerprint density at radius 3 is 1.97 bits per heavy atom. The molecular formula is C33H47N3. The van der Waals surface area contributed by atoms with E-state index in [0.29, 0.717) is 5.92 Å². The fraction of sp³-hybridized carbons (Fsp3) is 0.333. The molecular weight excluding hydrogens is 438 g/mol. The van der Waals surface area contributed by atoms with Crippen LogP contribution in [-0.4, -0.2) is 6.04 Å². The Bertz CT molecular complexity index is 1020. The summed E-state index contributed by atoms with van der Waals surface area (Å²) in [5.74, 6) is 0.517. The third kappa shape index (κ3) is 10.5. The first-order valence-electron chi connectivity index (χ1n) is 13.1. The average Bonchev–Trinajstić information content (AvgIpc) is 3.26. The molecule has 2 atom stereocenters. The van der Waals surface area contributed by atoms with Gasteiger partial charge in [-0.05, 0) is 75.9 Å². The van der Waals surface area contributed by atoms with Crippen LogP contribution < -0.4 is 16.8 Å². The molecule has 3 aromatic rings. The van der Waals surface area contributed by atoms with E-state index >= 15 is 0 Å². The van der Waals surface area contributed by atoms with Gasteiger partial charge in [0.25, 0.3) is 0 Å². The topological polar surface area (TPSA) is 64.1 Å². The fourth-order valence-corrected chi connectivity index (χ4v) is 4.34. The number of hydrogen-bond acceptors (Lipinski definition) is 3. The molecule has 2 unspecified atom stereocenters. The van der Waals surface area contributed by atoms with Crippen LogP contribution in [0.1, 0.15) is 55.9 Å². The van der Waals surface area contributed by atoms with Crippen molar-refractivity contribution in [2.24, 2.45) is 17.4 Å². The Morgan fingerprint density at radius 2 is 1.47 bits per heavy atom. The van der Waals surface area contributed by atoms with Crippen LogP contribution in [0.3, 0.4) is 0 Å². The van der Waals surface area contributed by atoms with Gasteiger partial charge in [-0.1, -0.05) is 104 Å². The molecule has 36 heavy (non-hydrogen) atoms. The highest BCUT2D eigenvalue weighted by molar-refractivity contribution is 5.57.